The van der Waals surface area contributed by atoms with E-state index in [0.29, 0.717) is 78.4 Å². The minimum absolute atomic E-state index is 0.287. The number of ether oxygens (including phenoxy) is 4. The Morgan fingerprint density at radius 2 is 1.61 bits per heavy atom. The van der Waals surface area contributed by atoms with Crippen LogP contribution < -0.4 is 29.7 Å². The fourth-order valence-corrected chi connectivity index (χ4v) is 6.44. The summed E-state index contributed by atoms with van der Waals surface area (Å²) in [7, 11) is 7.36. The average Bonchev–Trinajstić information content (AvgIpc) is 3.18. The number of aryl methyl sites for hydroxylation is 1. The molecule has 1 fully saturated rings. The summed E-state index contributed by atoms with van der Waals surface area (Å²) in [6.45, 7) is 10.2. The van der Waals surface area contributed by atoms with Crippen LogP contribution in [0.15, 0.2) is 66.4 Å². The zero-order valence-corrected chi connectivity index (χ0v) is 34.7. The van der Waals surface area contributed by atoms with Gasteiger partial charge in [-0.3, -0.25) is 9.59 Å². The number of methoxy groups -OCH3 is 1. The molecule has 4 rings (SSSR count). The number of nitrogens with one attached hydrogen (secondary N) is 2. The molecule has 1 heterocycles. The Labute approximate surface area is 337 Å². The molecule has 57 heavy (non-hydrogen) atoms. The molecule has 1 aliphatic rings. The number of alkyl carbamates (subject to hydrolysis) is 1. The van der Waals surface area contributed by atoms with Crippen molar-refractivity contribution in [2.24, 2.45) is 0 Å². The van der Waals surface area contributed by atoms with Crippen LogP contribution in [0.1, 0.15) is 85.6 Å². The first-order valence-corrected chi connectivity index (χ1v) is 19.5. The number of anilines is 2. The lowest BCUT2D eigenvalue weighted by atomic mass is 10.0. The smallest absolute Gasteiger partial charge is 0.407 e. The molecule has 3 aromatic rings. The predicted molar refractivity (Wildman–Crippen MR) is 222 cm³/mol. The number of rotatable bonds is 18. The van der Waals surface area contributed by atoms with Gasteiger partial charge in [-0.05, 0) is 134 Å². The number of carbonyl (C=O) groups excluding carboxylic acids is 4. The Balaban J connectivity index is 1.30. The van der Waals surface area contributed by atoms with Crippen LogP contribution in [0.5, 0.6) is 17.2 Å². The van der Waals surface area contributed by atoms with Gasteiger partial charge in [-0.2, -0.15) is 0 Å². The molecule has 0 aliphatic carbocycles. The van der Waals surface area contributed by atoms with Crippen LogP contribution in [0.3, 0.4) is 0 Å². The van der Waals surface area contributed by atoms with Gasteiger partial charge in [-0.15, -0.1) is 0 Å². The van der Waals surface area contributed by atoms with Gasteiger partial charge in [-0.1, -0.05) is 12.1 Å². The van der Waals surface area contributed by atoms with Gasteiger partial charge in [0.25, 0.3) is 11.8 Å². The van der Waals surface area contributed by atoms with E-state index in [-0.39, 0.29) is 11.8 Å². The summed E-state index contributed by atoms with van der Waals surface area (Å²) < 4.78 is 22.8. The molecule has 308 valence electrons. The zero-order chi connectivity index (χ0) is 41.5. The molecule has 1 aliphatic heterocycles. The molecule has 3 aromatic carbocycles. The lowest BCUT2D eigenvalue weighted by molar-refractivity contribution is 0.0525. The van der Waals surface area contributed by atoms with Crippen molar-refractivity contribution < 1.29 is 38.1 Å². The second-order valence-electron chi connectivity index (χ2n) is 15.4. The minimum Gasteiger partial charge on any atom is -0.495 e. The molecule has 0 radical (unpaired) electrons. The van der Waals surface area contributed by atoms with Crippen LogP contribution in [0.25, 0.3) is 0 Å². The van der Waals surface area contributed by atoms with Crippen molar-refractivity contribution in [2.75, 3.05) is 71.3 Å². The Kier molecular flexibility index (Phi) is 16.4. The molecular weight excluding hydrogens is 727 g/mol. The molecule has 0 unspecified atom stereocenters. The summed E-state index contributed by atoms with van der Waals surface area (Å²) in [6, 6.07) is 17.9. The summed E-state index contributed by atoms with van der Waals surface area (Å²) in [5.74, 6) is 2.92. The highest BCUT2D eigenvalue weighted by Gasteiger charge is 2.23. The molecule has 0 spiro atoms. The van der Waals surface area contributed by atoms with Crippen molar-refractivity contribution in [2.45, 2.75) is 77.9 Å². The lowest BCUT2D eigenvalue weighted by Crippen LogP contribution is -2.41. The van der Waals surface area contributed by atoms with Gasteiger partial charge in [0.1, 0.15) is 28.8 Å². The van der Waals surface area contributed by atoms with Crippen LogP contribution in [0.2, 0.25) is 0 Å². The fourth-order valence-electron chi connectivity index (χ4n) is 6.44. The van der Waals surface area contributed by atoms with Crippen molar-refractivity contribution in [1.29, 1.82) is 0 Å². The molecule has 0 aromatic heterocycles. The number of unbranched alkanes of at least 4 members (excludes halogenated alkanes) is 1. The Hall–Kier alpha value is -5.52. The highest BCUT2D eigenvalue weighted by Crippen LogP contribution is 2.32. The number of carbonyl (C=O) groups is 3. The third-order valence-corrected chi connectivity index (χ3v) is 9.59. The van der Waals surface area contributed by atoms with E-state index in [2.05, 4.69) is 40.5 Å². The number of amides is 3. The molecule has 0 saturated carbocycles. The standard InChI is InChI=1S/C44H59N5O8/c1-31-16-19-38(40(27-31)56-25-10-9-14-35(30-50)49-23-20-34(21-24-49)47(5)6)48(7)42(52)33-17-18-37(39(29-33)54-8)46-41(51)32-13-11-15-36(28-32)55-26-12-22-45-43(53)57-44(2,3)4/h11,13,15-19,27-29,34H,9-10,12,14,20-26H2,1-8H3,(H,45,53)(H,46,51). The van der Waals surface area contributed by atoms with Crippen LogP contribution in [-0.2, 0) is 9.53 Å². The van der Waals surface area contributed by atoms with Gasteiger partial charge in [0, 0.05) is 43.9 Å². The maximum atomic E-state index is 13.8. The van der Waals surface area contributed by atoms with E-state index >= 15 is 0 Å². The van der Waals surface area contributed by atoms with Gasteiger partial charge < -0.3 is 44.3 Å². The second-order valence-corrected chi connectivity index (χ2v) is 15.4. The number of piperidine rings is 1. The number of benzene rings is 3. The van der Waals surface area contributed by atoms with E-state index in [9.17, 15) is 19.2 Å². The molecule has 1 saturated heterocycles. The number of hydrogen-bond donors (Lipinski definition) is 2. The summed E-state index contributed by atoms with van der Waals surface area (Å²) in [5, 5.41) is 5.56. The maximum absolute atomic E-state index is 13.8. The van der Waals surface area contributed by atoms with Gasteiger partial charge in [0.05, 0.1) is 37.4 Å². The molecule has 0 bridgehead atoms. The first-order valence-electron chi connectivity index (χ1n) is 19.5. The van der Waals surface area contributed by atoms with Crippen molar-refractivity contribution in [1.82, 2.24) is 15.1 Å². The van der Waals surface area contributed by atoms with Crippen LogP contribution in [-0.4, -0.2) is 106 Å². The number of likely N-dealkylation sites (tertiary alicyclic amines) is 1. The second kappa shape index (κ2) is 21.1. The molecule has 2 N–H and O–H groups in total. The van der Waals surface area contributed by atoms with Gasteiger partial charge in [-0.25, -0.2) is 9.59 Å². The van der Waals surface area contributed by atoms with Gasteiger partial charge in [0.15, 0.2) is 0 Å². The lowest BCUT2D eigenvalue weighted by Gasteiger charge is -2.36. The highest BCUT2D eigenvalue weighted by atomic mass is 16.6. The zero-order valence-electron chi connectivity index (χ0n) is 34.7. The van der Waals surface area contributed by atoms with Crippen molar-refractivity contribution in [3.8, 4) is 17.2 Å². The third-order valence-electron chi connectivity index (χ3n) is 9.59. The number of hydrogen-bond acceptors (Lipinski definition) is 10. The van der Waals surface area contributed by atoms with Crippen molar-refractivity contribution in [3.05, 3.63) is 83.1 Å². The van der Waals surface area contributed by atoms with Gasteiger partial charge in [0.2, 0.25) is 0 Å². The summed E-state index contributed by atoms with van der Waals surface area (Å²) >= 11 is 0. The largest absolute Gasteiger partial charge is 0.495 e. The number of allylic oxidation sites excluding steroid dienone is 1. The van der Waals surface area contributed by atoms with E-state index in [0.717, 1.165) is 50.0 Å². The van der Waals surface area contributed by atoms with E-state index < -0.39 is 11.7 Å². The summed E-state index contributed by atoms with van der Waals surface area (Å²) in [6.07, 6.45) is 4.29. The SMILES string of the molecule is COc1cc(C(=O)N(C)c2ccc(C)cc2OCCCCC(=C=O)N2CCC(N(C)C)CC2)ccc1NC(=O)c1cccc(OCCCNC(=O)OC(C)(C)C)c1. The van der Waals surface area contributed by atoms with E-state index in [1.54, 1.807) is 70.3 Å². The predicted octanol–water partition coefficient (Wildman–Crippen LogP) is 7.12. The van der Waals surface area contributed by atoms with Gasteiger partial charge >= 0.3 is 6.09 Å². The Morgan fingerprint density at radius 1 is 0.877 bits per heavy atom. The maximum Gasteiger partial charge on any atom is 0.407 e. The molecule has 13 nitrogen and oxygen atoms in total. The highest BCUT2D eigenvalue weighted by molar-refractivity contribution is 6.08. The summed E-state index contributed by atoms with van der Waals surface area (Å²) in [5.41, 5.74) is 2.89. The molecule has 13 heteroatoms. The van der Waals surface area contributed by atoms with Crippen molar-refractivity contribution >= 4 is 35.2 Å². The fraction of sp³-hybridized carbons (Fsp3) is 0.477. The quantitative estimate of drug-likeness (QED) is 0.101. The topological polar surface area (TPSA) is 139 Å². The van der Waals surface area contributed by atoms with Crippen molar-refractivity contribution in [3.63, 3.8) is 0 Å². The van der Waals surface area contributed by atoms with E-state index in [1.165, 1.54) is 12.0 Å². The van der Waals surface area contributed by atoms with Crippen LogP contribution >= 0.6 is 0 Å². The first-order chi connectivity index (χ1) is 27.2. The minimum atomic E-state index is -0.571. The average molecular weight is 786 g/mol. The molecule has 0 atom stereocenters. The molecule has 3 amide bonds. The Bertz CT molecular complexity index is 1880. The monoisotopic (exact) mass is 785 g/mol. The number of nitrogens with zero attached hydrogens (tertiary/aromatic N) is 3. The Morgan fingerprint density at radius 3 is 2.30 bits per heavy atom. The van der Waals surface area contributed by atoms with E-state index in [4.69, 9.17) is 18.9 Å². The first kappa shape index (κ1) is 44.2. The van der Waals surface area contributed by atoms with Crippen LogP contribution in [0.4, 0.5) is 16.2 Å². The third kappa shape index (κ3) is 13.6. The normalized spacial score (nSPS) is 13.0. The van der Waals surface area contributed by atoms with Crippen LogP contribution in [0, 0.1) is 6.92 Å². The van der Waals surface area contributed by atoms with E-state index in [1.807, 2.05) is 25.1 Å². The summed E-state index contributed by atoms with van der Waals surface area (Å²) in [4.78, 5) is 56.6. The molecular formula is C44H59N5O8.